The van der Waals surface area contributed by atoms with Gasteiger partial charge in [-0.05, 0) is 42.8 Å². The number of benzene rings is 2. The summed E-state index contributed by atoms with van der Waals surface area (Å²) in [5.74, 6) is 0.973. The first kappa shape index (κ1) is 17.9. The van der Waals surface area contributed by atoms with Gasteiger partial charge in [-0.25, -0.2) is 0 Å². The molecule has 0 saturated heterocycles. The van der Waals surface area contributed by atoms with Crippen LogP contribution in [0.1, 0.15) is 35.7 Å². The van der Waals surface area contributed by atoms with Gasteiger partial charge in [-0.2, -0.15) is 10.1 Å². The number of ether oxygens (including phenoxy) is 2. The van der Waals surface area contributed by atoms with Crippen molar-refractivity contribution in [2.45, 2.75) is 25.5 Å². The molecule has 0 fully saturated rings. The summed E-state index contributed by atoms with van der Waals surface area (Å²) < 4.78 is 10.3. The van der Waals surface area contributed by atoms with Crippen molar-refractivity contribution in [1.82, 2.24) is 5.01 Å². The number of methoxy groups -OCH3 is 2. The van der Waals surface area contributed by atoms with Crippen molar-refractivity contribution in [1.29, 1.82) is 0 Å². The largest absolute Gasteiger partial charge is 0.497 e. The fraction of sp³-hybridized carbons (Fsp3) is 0.300. The number of amides is 1. The van der Waals surface area contributed by atoms with Crippen molar-refractivity contribution in [3.05, 3.63) is 59.7 Å². The van der Waals surface area contributed by atoms with Crippen molar-refractivity contribution in [3.8, 4) is 11.5 Å². The molecule has 26 heavy (non-hydrogen) atoms. The summed E-state index contributed by atoms with van der Waals surface area (Å²) in [6.45, 7) is 1.95. The van der Waals surface area contributed by atoms with Gasteiger partial charge in [0, 0.05) is 23.3 Å². The van der Waals surface area contributed by atoms with Crippen LogP contribution in [-0.4, -0.2) is 36.0 Å². The molecule has 0 aromatic heterocycles. The minimum absolute atomic E-state index is 0.276. The Bertz CT molecular complexity index is 815. The highest BCUT2D eigenvalue weighted by atomic mass is 16.5. The number of nitrogens with zero attached hydrogens (tertiary/aromatic N) is 2. The molecule has 6 heteroatoms. The van der Waals surface area contributed by atoms with E-state index < -0.39 is 5.72 Å². The minimum Gasteiger partial charge on any atom is -0.497 e. The second-order valence-electron chi connectivity index (χ2n) is 6.09. The van der Waals surface area contributed by atoms with Crippen LogP contribution in [0.25, 0.3) is 0 Å². The predicted octanol–water partition coefficient (Wildman–Crippen LogP) is 3.16. The highest BCUT2D eigenvalue weighted by molar-refractivity contribution is 5.98. The molecule has 3 rings (SSSR count). The lowest BCUT2D eigenvalue weighted by atomic mass is 9.96. The van der Waals surface area contributed by atoms with E-state index in [9.17, 15) is 9.90 Å². The number of carbonyl (C=O) groups is 1. The first-order valence-electron chi connectivity index (χ1n) is 8.43. The fourth-order valence-corrected chi connectivity index (χ4v) is 2.97. The second-order valence-corrected chi connectivity index (χ2v) is 6.09. The third-order valence-corrected chi connectivity index (χ3v) is 4.53. The third-order valence-electron chi connectivity index (χ3n) is 4.53. The van der Waals surface area contributed by atoms with Gasteiger partial charge in [0.1, 0.15) is 11.5 Å². The maximum absolute atomic E-state index is 13.0. The van der Waals surface area contributed by atoms with E-state index in [0.717, 1.165) is 5.71 Å². The van der Waals surface area contributed by atoms with Crippen molar-refractivity contribution >= 4 is 11.6 Å². The topological polar surface area (TPSA) is 71.4 Å². The van der Waals surface area contributed by atoms with E-state index in [0.29, 0.717) is 29.0 Å². The van der Waals surface area contributed by atoms with Gasteiger partial charge in [-0.1, -0.05) is 19.1 Å². The molecule has 0 unspecified atom stereocenters. The van der Waals surface area contributed by atoms with E-state index in [1.807, 2.05) is 6.92 Å². The maximum atomic E-state index is 13.0. The van der Waals surface area contributed by atoms with E-state index >= 15 is 0 Å². The van der Waals surface area contributed by atoms with Crippen LogP contribution in [0.5, 0.6) is 11.5 Å². The van der Waals surface area contributed by atoms with Crippen LogP contribution in [0, 0.1) is 0 Å². The van der Waals surface area contributed by atoms with Crippen molar-refractivity contribution in [2.75, 3.05) is 14.2 Å². The first-order valence-corrected chi connectivity index (χ1v) is 8.43. The summed E-state index contributed by atoms with van der Waals surface area (Å²) in [6.07, 6.45) is 0.933. The van der Waals surface area contributed by atoms with Gasteiger partial charge in [0.15, 0.2) is 5.72 Å². The van der Waals surface area contributed by atoms with Crippen LogP contribution < -0.4 is 9.47 Å². The van der Waals surface area contributed by atoms with Crippen LogP contribution in [0.2, 0.25) is 0 Å². The molecule has 136 valence electrons. The van der Waals surface area contributed by atoms with Crippen molar-refractivity contribution in [3.63, 3.8) is 0 Å². The van der Waals surface area contributed by atoms with Gasteiger partial charge >= 0.3 is 0 Å². The SMILES string of the molecule is CCC1=NN(C(=O)c2ccc(OC)cc2)[C@](O)(c2ccc(OC)cc2)C1. The Kier molecular flexibility index (Phi) is 4.95. The fourth-order valence-electron chi connectivity index (χ4n) is 2.97. The lowest BCUT2D eigenvalue weighted by Gasteiger charge is -2.31. The zero-order chi connectivity index (χ0) is 18.7. The van der Waals surface area contributed by atoms with E-state index in [4.69, 9.17) is 9.47 Å². The Hall–Kier alpha value is -2.86. The summed E-state index contributed by atoms with van der Waals surface area (Å²) in [7, 11) is 3.15. The Balaban J connectivity index is 1.97. The van der Waals surface area contributed by atoms with Gasteiger partial charge in [-0.15, -0.1) is 0 Å². The molecule has 1 N–H and O–H groups in total. The quantitative estimate of drug-likeness (QED) is 0.895. The number of hydrazone groups is 1. The van der Waals surface area contributed by atoms with Crippen molar-refractivity contribution in [2.24, 2.45) is 5.10 Å². The van der Waals surface area contributed by atoms with E-state index in [1.54, 1.807) is 62.8 Å². The van der Waals surface area contributed by atoms with Gasteiger partial charge in [0.2, 0.25) is 0 Å². The van der Waals surface area contributed by atoms with Crippen LogP contribution in [-0.2, 0) is 5.72 Å². The van der Waals surface area contributed by atoms with E-state index in [-0.39, 0.29) is 12.3 Å². The molecule has 0 aliphatic carbocycles. The molecule has 0 spiro atoms. The summed E-state index contributed by atoms with van der Waals surface area (Å²) >= 11 is 0. The Labute approximate surface area is 152 Å². The molecule has 1 amide bonds. The molecular formula is C20H22N2O4. The maximum Gasteiger partial charge on any atom is 0.276 e. The minimum atomic E-state index is -1.52. The molecule has 2 aromatic rings. The second kappa shape index (κ2) is 7.17. The number of hydrogen-bond donors (Lipinski definition) is 1. The Morgan fingerprint density at radius 2 is 1.62 bits per heavy atom. The van der Waals surface area contributed by atoms with E-state index in [1.165, 1.54) is 5.01 Å². The lowest BCUT2D eigenvalue weighted by Crippen LogP contribution is -2.43. The third kappa shape index (κ3) is 3.15. The monoisotopic (exact) mass is 354 g/mol. The zero-order valence-corrected chi connectivity index (χ0v) is 15.1. The van der Waals surface area contributed by atoms with Gasteiger partial charge in [-0.3, -0.25) is 4.79 Å². The average molecular weight is 354 g/mol. The van der Waals surface area contributed by atoms with Gasteiger partial charge < -0.3 is 14.6 Å². The summed E-state index contributed by atoms with van der Waals surface area (Å²) in [4.78, 5) is 13.0. The molecule has 1 atom stereocenters. The molecule has 1 aliphatic heterocycles. The molecule has 0 bridgehead atoms. The van der Waals surface area contributed by atoms with Gasteiger partial charge in [0.05, 0.1) is 14.2 Å². The average Bonchev–Trinajstić information content (AvgIpc) is 3.05. The molecular weight excluding hydrogens is 332 g/mol. The number of hydrogen-bond acceptors (Lipinski definition) is 5. The van der Waals surface area contributed by atoms with Crippen LogP contribution >= 0.6 is 0 Å². The molecule has 1 heterocycles. The lowest BCUT2D eigenvalue weighted by molar-refractivity contribution is -0.0765. The highest BCUT2D eigenvalue weighted by Gasteiger charge is 2.45. The van der Waals surface area contributed by atoms with Crippen LogP contribution in [0.3, 0.4) is 0 Å². The Morgan fingerprint density at radius 3 is 2.12 bits per heavy atom. The zero-order valence-electron chi connectivity index (χ0n) is 15.1. The van der Waals surface area contributed by atoms with Crippen molar-refractivity contribution < 1.29 is 19.4 Å². The van der Waals surface area contributed by atoms with Crippen LogP contribution in [0.15, 0.2) is 53.6 Å². The summed E-state index contributed by atoms with van der Waals surface area (Å²) in [6, 6.07) is 13.8. The molecule has 1 aliphatic rings. The summed E-state index contributed by atoms with van der Waals surface area (Å²) in [5, 5.41) is 16.9. The molecule has 0 saturated carbocycles. The highest BCUT2D eigenvalue weighted by Crippen LogP contribution is 2.37. The predicted molar refractivity (Wildman–Crippen MR) is 98.4 cm³/mol. The smallest absolute Gasteiger partial charge is 0.276 e. The van der Waals surface area contributed by atoms with Crippen LogP contribution in [0.4, 0.5) is 0 Å². The Morgan fingerprint density at radius 1 is 1.08 bits per heavy atom. The normalized spacial score (nSPS) is 19.2. The number of rotatable bonds is 5. The number of carbonyl (C=O) groups excluding carboxylic acids is 1. The van der Waals surface area contributed by atoms with Gasteiger partial charge in [0.25, 0.3) is 5.91 Å². The first-order chi connectivity index (χ1) is 12.5. The standard InChI is InChI=1S/C20H22N2O4/c1-4-16-13-20(24,15-7-11-18(26-3)12-8-15)22(21-16)19(23)14-5-9-17(25-2)10-6-14/h5-12,24H,4,13H2,1-3H3/t20-/m1/s1. The summed E-state index contributed by atoms with van der Waals surface area (Å²) in [5.41, 5.74) is 0.269. The number of aliphatic hydroxyl groups is 1. The molecule has 6 nitrogen and oxygen atoms in total. The molecule has 0 radical (unpaired) electrons. The van der Waals surface area contributed by atoms with E-state index in [2.05, 4.69) is 5.10 Å². The molecule has 2 aromatic carbocycles.